The normalized spacial score (nSPS) is 11.6. The number of likely N-dealkylation sites (N-methyl/N-ethyl adjacent to an activating group) is 1. The molecule has 0 aliphatic carbocycles. The van der Waals surface area contributed by atoms with Gasteiger partial charge >= 0.3 is 0 Å². The summed E-state index contributed by atoms with van der Waals surface area (Å²) in [5.74, 6) is 0. The molecule has 0 saturated carbocycles. The number of furan rings is 1. The smallest absolute Gasteiger partial charge is 0.0947 e. The van der Waals surface area contributed by atoms with Crippen molar-refractivity contribution in [2.75, 3.05) is 33.3 Å². The van der Waals surface area contributed by atoms with Crippen LogP contribution in [0.25, 0.3) is 0 Å². The van der Waals surface area contributed by atoms with E-state index in [9.17, 15) is 0 Å². The zero-order valence-electron chi connectivity index (χ0n) is 11.1. The number of ether oxygens (including phenoxy) is 1. The number of hydrogen-bond acceptors (Lipinski definition) is 4. The highest BCUT2D eigenvalue weighted by Gasteiger charge is 1.99. The van der Waals surface area contributed by atoms with Crippen LogP contribution in [0, 0.1) is 0 Å². The lowest BCUT2D eigenvalue weighted by molar-refractivity contribution is 0.0640. The van der Waals surface area contributed by atoms with Crippen molar-refractivity contribution in [1.82, 2.24) is 10.2 Å². The van der Waals surface area contributed by atoms with Gasteiger partial charge in [-0.3, -0.25) is 0 Å². The van der Waals surface area contributed by atoms with E-state index in [4.69, 9.17) is 9.15 Å². The van der Waals surface area contributed by atoms with Crippen molar-refractivity contribution in [3.63, 3.8) is 0 Å². The van der Waals surface area contributed by atoms with Gasteiger partial charge in [0.2, 0.25) is 0 Å². The third kappa shape index (κ3) is 7.15. The van der Waals surface area contributed by atoms with Crippen LogP contribution < -0.4 is 5.32 Å². The van der Waals surface area contributed by atoms with Crippen LogP contribution in [0.4, 0.5) is 0 Å². The van der Waals surface area contributed by atoms with Gasteiger partial charge in [-0.05, 0) is 27.0 Å². The SMILES string of the molecule is CC(C)OCCN(C)CCNCc1ccoc1. The van der Waals surface area contributed by atoms with Crippen LogP contribution in [0.15, 0.2) is 23.0 Å². The van der Waals surface area contributed by atoms with E-state index >= 15 is 0 Å². The first-order chi connectivity index (χ1) is 8.18. The van der Waals surface area contributed by atoms with Crippen molar-refractivity contribution >= 4 is 0 Å². The lowest BCUT2D eigenvalue weighted by atomic mass is 10.3. The topological polar surface area (TPSA) is 37.6 Å². The lowest BCUT2D eigenvalue weighted by Gasteiger charge is -2.17. The summed E-state index contributed by atoms with van der Waals surface area (Å²) in [5, 5.41) is 3.38. The Morgan fingerprint density at radius 2 is 2.24 bits per heavy atom. The van der Waals surface area contributed by atoms with Gasteiger partial charge in [0.05, 0.1) is 25.2 Å². The van der Waals surface area contributed by atoms with Crippen LogP contribution >= 0.6 is 0 Å². The van der Waals surface area contributed by atoms with Gasteiger partial charge in [-0.25, -0.2) is 0 Å². The molecule has 0 aliphatic heterocycles. The van der Waals surface area contributed by atoms with Crippen molar-refractivity contribution in [3.8, 4) is 0 Å². The molecule has 0 unspecified atom stereocenters. The third-order valence-electron chi connectivity index (χ3n) is 2.50. The molecule has 0 radical (unpaired) electrons. The Morgan fingerprint density at radius 3 is 2.88 bits per heavy atom. The Bertz CT molecular complexity index is 273. The molecule has 0 saturated heterocycles. The van der Waals surface area contributed by atoms with Gasteiger partial charge in [0.1, 0.15) is 0 Å². The molecular weight excluding hydrogens is 216 g/mol. The summed E-state index contributed by atoms with van der Waals surface area (Å²) >= 11 is 0. The maximum Gasteiger partial charge on any atom is 0.0947 e. The summed E-state index contributed by atoms with van der Waals surface area (Å²) in [6.07, 6.45) is 3.79. The second-order valence-electron chi connectivity index (χ2n) is 4.53. The first-order valence-electron chi connectivity index (χ1n) is 6.20. The molecule has 98 valence electrons. The Kier molecular flexibility index (Phi) is 6.93. The van der Waals surface area contributed by atoms with Crippen molar-refractivity contribution in [2.24, 2.45) is 0 Å². The van der Waals surface area contributed by atoms with Crippen LogP contribution in [-0.2, 0) is 11.3 Å². The Hall–Kier alpha value is -0.840. The van der Waals surface area contributed by atoms with Crippen LogP contribution in [0.5, 0.6) is 0 Å². The quantitative estimate of drug-likeness (QED) is 0.667. The Morgan fingerprint density at radius 1 is 1.41 bits per heavy atom. The molecule has 1 N–H and O–H groups in total. The summed E-state index contributed by atoms with van der Waals surface area (Å²) in [6, 6.07) is 1.98. The molecule has 0 spiro atoms. The van der Waals surface area contributed by atoms with Crippen LogP contribution in [-0.4, -0.2) is 44.3 Å². The monoisotopic (exact) mass is 240 g/mol. The summed E-state index contributed by atoms with van der Waals surface area (Å²) in [5.41, 5.74) is 1.19. The minimum atomic E-state index is 0.322. The largest absolute Gasteiger partial charge is 0.472 e. The zero-order chi connectivity index (χ0) is 12.5. The highest BCUT2D eigenvalue weighted by atomic mass is 16.5. The van der Waals surface area contributed by atoms with E-state index in [0.29, 0.717) is 6.10 Å². The predicted octanol–water partition coefficient (Wildman–Crippen LogP) is 1.73. The van der Waals surface area contributed by atoms with E-state index in [-0.39, 0.29) is 0 Å². The van der Waals surface area contributed by atoms with E-state index in [1.165, 1.54) is 5.56 Å². The minimum absolute atomic E-state index is 0.322. The molecule has 4 heteroatoms. The fraction of sp³-hybridized carbons (Fsp3) is 0.692. The first kappa shape index (κ1) is 14.2. The van der Waals surface area contributed by atoms with Crippen molar-refractivity contribution in [1.29, 1.82) is 0 Å². The van der Waals surface area contributed by atoms with E-state index in [1.807, 2.05) is 6.07 Å². The van der Waals surface area contributed by atoms with E-state index in [2.05, 4.69) is 31.1 Å². The molecule has 1 aromatic rings. The molecule has 1 aromatic heterocycles. The minimum Gasteiger partial charge on any atom is -0.472 e. The highest BCUT2D eigenvalue weighted by molar-refractivity contribution is 5.04. The standard InChI is InChI=1S/C13H24N2O2/c1-12(2)17-9-7-15(3)6-5-14-10-13-4-8-16-11-13/h4,8,11-12,14H,5-7,9-10H2,1-3H3. The van der Waals surface area contributed by atoms with E-state index in [1.54, 1.807) is 12.5 Å². The van der Waals surface area contributed by atoms with Crippen molar-refractivity contribution in [3.05, 3.63) is 24.2 Å². The zero-order valence-corrected chi connectivity index (χ0v) is 11.1. The first-order valence-corrected chi connectivity index (χ1v) is 6.20. The van der Waals surface area contributed by atoms with Gasteiger partial charge in [0.25, 0.3) is 0 Å². The van der Waals surface area contributed by atoms with Crippen molar-refractivity contribution < 1.29 is 9.15 Å². The second kappa shape index (κ2) is 8.28. The average Bonchev–Trinajstić information content (AvgIpc) is 2.76. The summed E-state index contributed by atoms with van der Waals surface area (Å²) in [4.78, 5) is 2.27. The molecule has 1 heterocycles. The molecule has 0 amide bonds. The Labute approximate surface area is 104 Å². The average molecular weight is 240 g/mol. The van der Waals surface area contributed by atoms with Gasteiger partial charge in [-0.15, -0.1) is 0 Å². The molecule has 0 aliphatic rings. The Balaban J connectivity index is 1.95. The van der Waals surface area contributed by atoms with E-state index < -0.39 is 0 Å². The fourth-order valence-corrected chi connectivity index (χ4v) is 1.45. The van der Waals surface area contributed by atoms with Crippen LogP contribution in [0.1, 0.15) is 19.4 Å². The molecule has 4 nitrogen and oxygen atoms in total. The van der Waals surface area contributed by atoms with E-state index in [0.717, 1.165) is 32.8 Å². The molecule has 0 aromatic carbocycles. The van der Waals surface area contributed by atoms with Crippen LogP contribution in [0.3, 0.4) is 0 Å². The summed E-state index contributed by atoms with van der Waals surface area (Å²) in [6.45, 7) is 8.77. The third-order valence-corrected chi connectivity index (χ3v) is 2.50. The highest BCUT2D eigenvalue weighted by Crippen LogP contribution is 1.98. The fourth-order valence-electron chi connectivity index (χ4n) is 1.45. The molecule has 1 rings (SSSR count). The molecule has 17 heavy (non-hydrogen) atoms. The maximum absolute atomic E-state index is 5.50. The number of hydrogen-bond donors (Lipinski definition) is 1. The summed E-state index contributed by atoms with van der Waals surface area (Å²) in [7, 11) is 2.11. The van der Waals surface area contributed by atoms with Gasteiger partial charge in [0.15, 0.2) is 0 Å². The van der Waals surface area contributed by atoms with Gasteiger partial charge < -0.3 is 19.4 Å². The van der Waals surface area contributed by atoms with Gasteiger partial charge in [-0.2, -0.15) is 0 Å². The second-order valence-corrected chi connectivity index (χ2v) is 4.53. The van der Waals surface area contributed by atoms with Gasteiger partial charge in [-0.1, -0.05) is 0 Å². The maximum atomic E-state index is 5.50. The summed E-state index contributed by atoms with van der Waals surface area (Å²) < 4.78 is 10.5. The molecule has 0 atom stereocenters. The number of rotatable bonds is 9. The number of nitrogens with zero attached hydrogens (tertiary/aromatic N) is 1. The van der Waals surface area contributed by atoms with Gasteiger partial charge in [0, 0.05) is 31.7 Å². The predicted molar refractivity (Wildman–Crippen MR) is 69.0 cm³/mol. The molecule has 0 bridgehead atoms. The molecular formula is C13H24N2O2. The van der Waals surface area contributed by atoms with Crippen LogP contribution in [0.2, 0.25) is 0 Å². The van der Waals surface area contributed by atoms with Crippen molar-refractivity contribution in [2.45, 2.75) is 26.5 Å². The lowest BCUT2D eigenvalue weighted by Crippen LogP contribution is -2.31. The number of nitrogens with one attached hydrogen (secondary N) is 1. The molecule has 0 fully saturated rings.